The Morgan fingerprint density at radius 1 is 1.15 bits per heavy atom. The number of aromatic nitrogens is 2. The molecule has 0 atom stereocenters. The van der Waals surface area contributed by atoms with E-state index in [2.05, 4.69) is 15.5 Å². The SMILES string of the molecule is Cc1noc(CSc2ccccc2C(=O)Nc2ccc(S(C)(=O)=O)cc2)n1. The van der Waals surface area contributed by atoms with E-state index >= 15 is 0 Å². The van der Waals surface area contributed by atoms with Crippen molar-refractivity contribution in [3.05, 3.63) is 65.8 Å². The molecule has 0 saturated heterocycles. The second-order valence-electron chi connectivity index (χ2n) is 5.77. The number of thioether (sulfide) groups is 1. The Hall–Kier alpha value is -2.65. The van der Waals surface area contributed by atoms with Crippen LogP contribution in [-0.2, 0) is 15.6 Å². The predicted molar refractivity (Wildman–Crippen MR) is 103 cm³/mol. The van der Waals surface area contributed by atoms with Gasteiger partial charge in [0.2, 0.25) is 5.89 Å². The van der Waals surface area contributed by atoms with Crippen LogP contribution in [0.2, 0.25) is 0 Å². The zero-order chi connectivity index (χ0) is 19.4. The monoisotopic (exact) mass is 403 g/mol. The highest BCUT2D eigenvalue weighted by atomic mass is 32.2. The van der Waals surface area contributed by atoms with Crippen molar-refractivity contribution in [2.45, 2.75) is 22.5 Å². The Bertz CT molecular complexity index is 1060. The van der Waals surface area contributed by atoms with E-state index in [0.29, 0.717) is 28.7 Å². The molecule has 0 spiro atoms. The molecule has 27 heavy (non-hydrogen) atoms. The van der Waals surface area contributed by atoms with E-state index in [1.807, 2.05) is 12.1 Å². The summed E-state index contributed by atoms with van der Waals surface area (Å²) in [6, 6.07) is 13.2. The molecule has 0 aliphatic rings. The molecule has 0 unspecified atom stereocenters. The summed E-state index contributed by atoms with van der Waals surface area (Å²) in [7, 11) is -3.27. The summed E-state index contributed by atoms with van der Waals surface area (Å²) in [5, 5.41) is 6.53. The van der Waals surface area contributed by atoms with Crippen LogP contribution in [0.15, 0.2) is 62.8 Å². The van der Waals surface area contributed by atoms with E-state index in [1.165, 1.54) is 23.9 Å². The molecule has 1 heterocycles. The van der Waals surface area contributed by atoms with E-state index in [1.54, 1.807) is 31.2 Å². The lowest BCUT2D eigenvalue weighted by molar-refractivity contribution is 0.102. The number of nitrogens with zero attached hydrogens (tertiary/aromatic N) is 2. The molecule has 3 rings (SSSR count). The summed E-state index contributed by atoms with van der Waals surface area (Å²) < 4.78 is 28.1. The topological polar surface area (TPSA) is 102 Å². The molecule has 2 aromatic carbocycles. The third-order valence-corrected chi connectivity index (χ3v) is 5.78. The predicted octanol–water partition coefficient (Wildman–Crippen LogP) is 3.33. The van der Waals surface area contributed by atoms with Crippen LogP contribution in [0.25, 0.3) is 0 Å². The van der Waals surface area contributed by atoms with Gasteiger partial charge < -0.3 is 9.84 Å². The molecule has 0 aliphatic carbocycles. The van der Waals surface area contributed by atoms with E-state index in [0.717, 1.165) is 11.2 Å². The molecule has 1 amide bonds. The van der Waals surface area contributed by atoms with Gasteiger partial charge in [-0.2, -0.15) is 4.98 Å². The van der Waals surface area contributed by atoms with Gasteiger partial charge in [0.25, 0.3) is 5.91 Å². The van der Waals surface area contributed by atoms with Crippen LogP contribution < -0.4 is 5.32 Å². The first-order valence-electron chi connectivity index (χ1n) is 7.95. The fourth-order valence-corrected chi connectivity index (χ4v) is 3.82. The van der Waals surface area contributed by atoms with Gasteiger partial charge in [-0.3, -0.25) is 4.79 Å². The van der Waals surface area contributed by atoms with Gasteiger partial charge in [0.15, 0.2) is 15.7 Å². The second-order valence-corrected chi connectivity index (χ2v) is 8.80. The number of carbonyl (C=O) groups is 1. The van der Waals surface area contributed by atoms with Crippen molar-refractivity contribution in [2.75, 3.05) is 11.6 Å². The molecule has 0 fully saturated rings. The molecule has 0 bridgehead atoms. The maximum absolute atomic E-state index is 12.6. The minimum absolute atomic E-state index is 0.200. The number of hydrogen-bond acceptors (Lipinski definition) is 7. The third kappa shape index (κ3) is 4.95. The van der Waals surface area contributed by atoms with Gasteiger partial charge in [0.1, 0.15) is 0 Å². The highest BCUT2D eigenvalue weighted by molar-refractivity contribution is 7.98. The molecule has 9 heteroatoms. The molecule has 140 valence electrons. The Labute approximate surface area is 161 Å². The van der Waals surface area contributed by atoms with Crippen LogP contribution in [0.4, 0.5) is 5.69 Å². The molecule has 0 aliphatic heterocycles. The quantitative estimate of drug-likeness (QED) is 0.630. The highest BCUT2D eigenvalue weighted by Crippen LogP contribution is 2.26. The van der Waals surface area contributed by atoms with E-state index < -0.39 is 9.84 Å². The maximum atomic E-state index is 12.6. The Morgan fingerprint density at radius 2 is 1.85 bits per heavy atom. The van der Waals surface area contributed by atoms with Crippen LogP contribution in [0.5, 0.6) is 0 Å². The number of carbonyl (C=O) groups excluding carboxylic acids is 1. The second kappa shape index (κ2) is 7.93. The van der Waals surface area contributed by atoms with Gasteiger partial charge in [0, 0.05) is 16.8 Å². The molecule has 0 saturated carbocycles. The Balaban J connectivity index is 1.73. The zero-order valence-corrected chi connectivity index (χ0v) is 16.3. The lowest BCUT2D eigenvalue weighted by atomic mass is 10.2. The number of hydrogen-bond donors (Lipinski definition) is 1. The fraction of sp³-hybridized carbons (Fsp3) is 0.167. The molecule has 1 aromatic heterocycles. The van der Waals surface area contributed by atoms with Gasteiger partial charge in [-0.1, -0.05) is 17.3 Å². The molecular formula is C18H17N3O4S2. The first kappa shape index (κ1) is 19.1. The van der Waals surface area contributed by atoms with Crippen molar-refractivity contribution >= 4 is 33.2 Å². The summed E-state index contributed by atoms with van der Waals surface area (Å²) in [5.74, 6) is 1.22. The molecule has 3 aromatic rings. The van der Waals surface area contributed by atoms with Gasteiger partial charge in [-0.05, 0) is 43.3 Å². The molecule has 7 nitrogen and oxygen atoms in total. The zero-order valence-electron chi connectivity index (χ0n) is 14.7. The van der Waals surface area contributed by atoms with Crippen LogP contribution in [0.1, 0.15) is 22.1 Å². The van der Waals surface area contributed by atoms with Gasteiger partial charge in [0.05, 0.1) is 16.2 Å². The van der Waals surface area contributed by atoms with Crippen molar-refractivity contribution in [3.8, 4) is 0 Å². The number of rotatable bonds is 6. The van der Waals surface area contributed by atoms with Crippen LogP contribution in [0.3, 0.4) is 0 Å². The fourth-order valence-electron chi connectivity index (χ4n) is 2.30. The van der Waals surface area contributed by atoms with Crippen molar-refractivity contribution in [2.24, 2.45) is 0 Å². The van der Waals surface area contributed by atoms with Crippen molar-refractivity contribution in [1.29, 1.82) is 0 Å². The van der Waals surface area contributed by atoms with E-state index in [-0.39, 0.29) is 10.8 Å². The first-order chi connectivity index (χ1) is 12.8. The first-order valence-corrected chi connectivity index (χ1v) is 10.8. The third-order valence-electron chi connectivity index (χ3n) is 3.59. The van der Waals surface area contributed by atoms with E-state index in [9.17, 15) is 13.2 Å². The number of aryl methyl sites for hydroxylation is 1. The maximum Gasteiger partial charge on any atom is 0.256 e. The number of nitrogens with one attached hydrogen (secondary N) is 1. The lowest BCUT2D eigenvalue weighted by Gasteiger charge is -2.09. The minimum Gasteiger partial charge on any atom is -0.338 e. The molecule has 1 N–H and O–H groups in total. The number of amides is 1. The van der Waals surface area contributed by atoms with Crippen molar-refractivity contribution < 1.29 is 17.7 Å². The lowest BCUT2D eigenvalue weighted by Crippen LogP contribution is -2.13. The molecule has 0 radical (unpaired) electrons. The van der Waals surface area contributed by atoms with Crippen LogP contribution in [-0.4, -0.2) is 30.7 Å². The van der Waals surface area contributed by atoms with Crippen molar-refractivity contribution in [3.63, 3.8) is 0 Å². The number of anilines is 1. The normalized spacial score (nSPS) is 11.3. The Morgan fingerprint density at radius 3 is 2.48 bits per heavy atom. The van der Waals surface area contributed by atoms with E-state index in [4.69, 9.17) is 4.52 Å². The number of benzene rings is 2. The largest absolute Gasteiger partial charge is 0.338 e. The van der Waals surface area contributed by atoms with Crippen molar-refractivity contribution in [1.82, 2.24) is 10.1 Å². The summed E-state index contributed by atoms with van der Waals surface area (Å²) in [4.78, 5) is 17.8. The smallest absolute Gasteiger partial charge is 0.256 e. The minimum atomic E-state index is -3.27. The van der Waals surface area contributed by atoms with Gasteiger partial charge >= 0.3 is 0 Å². The summed E-state index contributed by atoms with van der Waals surface area (Å²) in [5.41, 5.74) is 1.02. The average Bonchev–Trinajstić information content (AvgIpc) is 3.05. The Kier molecular flexibility index (Phi) is 5.62. The summed E-state index contributed by atoms with van der Waals surface area (Å²) in [6.45, 7) is 1.74. The average molecular weight is 403 g/mol. The summed E-state index contributed by atoms with van der Waals surface area (Å²) in [6.07, 6.45) is 1.14. The van der Waals surface area contributed by atoms with Gasteiger partial charge in [-0.25, -0.2) is 8.42 Å². The highest BCUT2D eigenvalue weighted by Gasteiger charge is 2.14. The summed E-state index contributed by atoms with van der Waals surface area (Å²) >= 11 is 1.42. The molecular weight excluding hydrogens is 386 g/mol. The van der Waals surface area contributed by atoms with Crippen LogP contribution in [0, 0.1) is 6.92 Å². The van der Waals surface area contributed by atoms with Gasteiger partial charge in [-0.15, -0.1) is 11.8 Å². The standard InChI is InChI=1S/C18H17N3O4S2/c1-12-19-17(25-21-12)11-26-16-6-4-3-5-15(16)18(22)20-13-7-9-14(10-8-13)27(2,23)24/h3-10H,11H2,1-2H3,(H,20,22). The number of sulfone groups is 1. The van der Waals surface area contributed by atoms with Crippen LogP contribution >= 0.6 is 11.8 Å².